The van der Waals surface area contributed by atoms with Crippen molar-refractivity contribution in [2.24, 2.45) is 0 Å². The zero-order valence-corrected chi connectivity index (χ0v) is 14.2. The van der Waals surface area contributed by atoms with E-state index in [1.807, 2.05) is 19.9 Å². The highest BCUT2D eigenvalue weighted by atomic mass is 19.1. The van der Waals surface area contributed by atoms with Crippen LogP contribution in [0.5, 0.6) is 5.75 Å². The summed E-state index contributed by atoms with van der Waals surface area (Å²) in [6.07, 6.45) is 0.659. The van der Waals surface area contributed by atoms with Crippen LogP contribution in [0.4, 0.5) is 4.39 Å². The van der Waals surface area contributed by atoms with Crippen molar-refractivity contribution in [3.8, 4) is 17.1 Å². The summed E-state index contributed by atoms with van der Waals surface area (Å²) in [5, 5.41) is 0.703. The van der Waals surface area contributed by atoms with Crippen LogP contribution in [0.2, 0.25) is 0 Å². The molecule has 0 fully saturated rings. The lowest BCUT2D eigenvalue weighted by Crippen LogP contribution is -2.24. The van der Waals surface area contributed by atoms with Gasteiger partial charge >= 0.3 is 5.97 Å². The number of hydrogen-bond acceptors (Lipinski definition) is 4. The van der Waals surface area contributed by atoms with E-state index in [1.54, 1.807) is 18.2 Å². The van der Waals surface area contributed by atoms with Gasteiger partial charge in [0, 0.05) is 22.9 Å². The van der Waals surface area contributed by atoms with Crippen molar-refractivity contribution >= 4 is 16.9 Å². The maximum absolute atomic E-state index is 13.3. The molecule has 128 valence electrons. The smallest absolute Gasteiger partial charge is 0.342 e. The number of ether oxygens (including phenoxy) is 2. The summed E-state index contributed by atoms with van der Waals surface area (Å²) in [5.74, 6) is 0.278. The van der Waals surface area contributed by atoms with Crippen LogP contribution in [0.15, 0.2) is 40.8 Å². The Morgan fingerprint density at radius 1 is 1.16 bits per heavy atom. The predicted octanol–water partition coefficient (Wildman–Crippen LogP) is 4.74. The molecule has 0 bridgehead atoms. The maximum atomic E-state index is 13.3. The lowest BCUT2D eigenvalue weighted by Gasteiger charge is -2.16. The van der Waals surface area contributed by atoms with Crippen LogP contribution in [-0.4, -0.2) is 18.7 Å². The lowest BCUT2D eigenvalue weighted by atomic mass is 9.95. The minimum absolute atomic E-state index is 0.349. The minimum atomic E-state index is -0.490. The van der Waals surface area contributed by atoms with E-state index < -0.39 is 5.97 Å². The SMILES string of the molecule is COC(=O)c1c(-c2ccc(F)cc2)oc2ccc3c(c12)CC(C)(C)O3. The minimum Gasteiger partial charge on any atom is -0.487 e. The Morgan fingerprint density at radius 3 is 2.56 bits per heavy atom. The zero-order chi connectivity index (χ0) is 17.8. The van der Waals surface area contributed by atoms with Gasteiger partial charge in [0.15, 0.2) is 0 Å². The van der Waals surface area contributed by atoms with Crippen molar-refractivity contribution in [2.45, 2.75) is 25.9 Å². The van der Waals surface area contributed by atoms with Gasteiger partial charge in [-0.1, -0.05) is 0 Å². The average molecular weight is 340 g/mol. The summed E-state index contributed by atoms with van der Waals surface area (Å²) in [6.45, 7) is 4.00. The van der Waals surface area contributed by atoms with Crippen LogP contribution in [0, 0.1) is 5.82 Å². The van der Waals surface area contributed by atoms with E-state index in [2.05, 4.69) is 0 Å². The Labute approximate surface area is 144 Å². The van der Waals surface area contributed by atoms with Crippen molar-refractivity contribution in [3.05, 3.63) is 53.3 Å². The third-order valence-electron chi connectivity index (χ3n) is 4.41. The molecule has 0 saturated heterocycles. The predicted molar refractivity (Wildman–Crippen MR) is 91.4 cm³/mol. The first-order valence-electron chi connectivity index (χ1n) is 8.01. The molecule has 0 unspecified atom stereocenters. The highest BCUT2D eigenvalue weighted by Gasteiger charge is 2.35. The number of hydrogen-bond donors (Lipinski definition) is 0. The van der Waals surface area contributed by atoms with Crippen LogP contribution < -0.4 is 4.74 Å². The van der Waals surface area contributed by atoms with E-state index in [1.165, 1.54) is 19.2 Å². The van der Waals surface area contributed by atoms with Gasteiger partial charge in [0.25, 0.3) is 0 Å². The molecule has 0 atom stereocenters. The first kappa shape index (κ1) is 15.7. The molecule has 5 heteroatoms. The fourth-order valence-corrected chi connectivity index (χ4v) is 3.37. The molecule has 4 rings (SSSR count). The molecule has 1 aliphatic rings. The Balaban J connectivity index is 2.02. The highest BCUT2D eigenvalue weighted by Crippen LogP contribution is 2.44. The summed E-state index contributed by atoms with van der Waals surface area (Å²) in [4.78, 5) is 12.5. The van der Waals surface area contributed by atoms with Gasteiger partial charge in [-0.2, -0.15) is 0 Å². The molecule has 4 nitrogen and oxygen atoms in total. The maximum Gasteiger partial charge on any atom is 0.342 e. The summed E-state index contributed by atoms with van der Waals surface area (Å²) in [6, 6.07) is 9.47. The van der Waals surface area contributed by atoms with Gasteiger partial charge in [0.2, 0.25) is 0 Å². The van der Waals surface area contributed by atoms with E-state index >= 15 is 0 Å². The Bertz CT molecular complexity index is 983. The number of fused-ring (bicyclic) bond motifs is 3. The van der Waals surface area contributed by atoms with Crippen molar-refractivity contribution in [1.29, 1.82) is 0 Å². The number of carbonyl (C=O) groups is 1. The summed E-state index contributed by atoms with van der Waals surface area (Å²) >= 11 is 0. The van der Waals surface area contributed by atoms with E-state index in [0.29, 0.717) is 34.3 Å². The average Bonchev–Trinajstić information content (AvgIpc) is 3.10. The van der Waals surface area contributed by atoms with E-state index in [4.69, 9.17) is 13.9 Å². The number of halogens is 1. The molecule has 3 aromatic rings. The standard InChI is InChI=1S/C20H17FO4/c1-20(2)10-13-14(25-20)8-9-15-16(13)17(19(22)23-3)18(24-15)11-4-6-12(21)7-5-11/h4-9H,10H2,1-3H3. The molecular weight excluding hydrogens is 323 g/mol. The van der Waals surface area contributed by atoms with E-state index in [-0.39, 0.29) is 11.4 Å². The number of rotatable bonds is 2. The van der Waals surface area contributed by atoms with Gasteiger partial charge in [0.1, 0.15) is 34.1 Å². The number of benzene rings is 2. The monoisotopic (exact) mass is 340 g/mol. The van der Waals surface area contributed by atoms with Gasteiger partial charge in [-0.25, -0.2) is 9.18 Å². The van der Waals surface area contributed by atoms with Crippen molar-refractivity contribution in [3.63, 3.8) is 0 Å². The van der Waals surface area contributed by atoms with Gasteiger partial charge in [-0.15, -0.1) is 0 Å². The Kier molecular flexibility index (Phi) is 3.35. The normalized spacial score (nSPS) is 15.0. The highest BCUT2D eigenvalue weighted by molar-refractivity contribution is 6.10. The van der Waals surface area contributed by atoms with Gasteiger partial charge in [-0.05, 0) is 50.2 Å². The second kappa shape index (κ2) is 5.34. The molecule has 1 aliphatic heterocycles. The molecule has 0 radical (unpaired) electrons. The fraction of sp³-hybridized carbons (Fsp3) is 0.250. The van der Waals surface area contributed by atoms with E-state index in [0.717, 1.165) is 11.3 Å². The van der Waals surface area contributed by atoms with Gasteiger partial charge in [0.05, 0.1) is 7.11 Å². The number of furan rings is 1. The molecule has 25 heavy (non-hydrogen) atoms. The first-order valence-corrected chi connectivity index (χ1v) is 8.01. The third-order valence-corrected chi connectivity index (χ3v) is 4.41. The molecule has 0 amide bonds. The molecule has 0 spiro atoms. The van der Waals surface area contributed by atoms with Crippen LogP contribution in [-0.2, 0) is 11.2 Å². The first-order chi connectivity index (χ1) is 11.9. The Hall–Kier alpha value is -2.82. The lowest BCUT2D eigenvalue weighted by molar-refractivity contribution is 0.0603. The van der Waals surface area contributed by atoms with Crippen molar-refractivity contribution in [1.82, 2.24) is 0 Å². The second-order valence-electron chi connectivity index (χ2n) is 6.76. The second-order valence-corrected chi connectivity index (χ2v) is 6.76. The topological polar surface area (TPSA) is 48.7 Å². The summed E-state index contributed by atoms with van der Waals surface area (Å²) in [7, 11) is 1.33. The number of carbonyl (C=O) groups excluding carboxylic acids is 1. The van der Waals surface area contributed by atoms with Crippen LogP contribution in [0.25, 0.3) is 22.3 Å². The molecular formula is C20H17FO4. The summed E-state index contributed by atoms with van der Waals surface area (Å²) in [5.41, 5.74) is 2.13. The number of methoxy groups -OCH3 is 1. The fourth-order valence-electron chi connectivity index (χ4n) is 3.37. The molecule has 2 aromatic carbocycles. The van der Waals surface area contributed by atoms with Gasteiger partial charge in [-0.3, -0.25) is 0 Å². The Morgan fingerprint density at radius 2 is 1.88 bits per heavy atom. The van der Waals surface area contributed by atoms with Crippen molar-refractivity contribution < 1.29 is 23.1 Å². The molecule has 1 aromatic heterocycles. The van der Waals surface area contributed by atoms with Crippen molar-refractivity contribution in [2.75, 3.05) is 7.11 Å². The molecule has 2 heterocycles. The quantitative estimate of drug-likeness (QED) is 0.632. The van der Waals surface area contributed by atoms with Crippen LogP contribution in [0.1, 0.15) is 29.8 Å². The van der Waals surface area contributed by atoms with Crippen LogP contribution in [0.3, 0.4) is 0 Å². The largest absolute Gasteiger partial charge is 0.487 e. The molecule has 0 aliphatic carbocycles. The molecule has 0 N–H and O–H groups in total. The summed E-state index contributed by atoms with van der Waals surface area (Å²) < 4.78 is 30.2. The van der Waals surface area contributed by atoms with Gasteiger partial charge < -0.3 is 13.9 Å². The zero-order valence-electron chi connectivity index (χ0n) is 14.2. The van der Waals surface area contributed by atoms with Crippen LogP contribution >= 0.6 is 0 Å². The molecule has 0 saturated carbocycles. The number of esters is 1. The third kappa shape index (κ3) is 2.47. The van der Waals surface area contributed by atoms with E-state index in [9.17, 15) is 9.18 Å².